The molecule has 2 saturated heterocycles. The van der Waals surface area contributed by atoms with Gasteiger partial charge in [-0.05, 0) is 12.8 Å². The van der Waals surface area contributed by atoms with Crippen molar-refractivity contribution in [2.45, 2.75) is 101 Å². The standard InChI is InChI=1S/2C12H22O6/c2*1-2-3-4-5-6-17-12-11(16)10(15)9(14)8(7-13)18-12/h2*4-5,8-16H,2-3,6-7H2,1H3/b2*5-4+/t8?,9-,10-,11?,12+;8?,9-,10-,11?,12-/m00/s1. The molecule has 2 heterocycles. The van der Waals surface area contributed by atoms with Gasteiger partial charge in [0.15, 0.2) is 12.6 Å². The van der Waals surface area contributed by atoms with E-state index in [0.29, 0.717) is 0 Å². The van der Waals surface area contributed by atoms with Gasteiger partial charge in [-0.1, -0.05) is 51.0 Å². The van der Waals surface area contributed by atoms with E-state index < -0.39 is 74.6 Å². The molecule has 8 N–H and O–H groups in total. The lowest BCUT2D eigenvalue weighted by atomic mass is 9.99. The highest BCUT2D eigenvalue weighted by Crippen LogP contribution is 2.22. The molecule has 4 unspecified atom stereocenters. The van der Waals surface area contributed by atoms with Crippen LogP contribution in [0.1, 0.15) is 39.5 Å². The molecular weight excluding hydrogens is 480 g/mol. The van der Waals surface area contributed by atoms with E-state index in [9.17, 15) is 30.6 Å². The van der Waals surface area contributed by atoms with Crippen molar-refractivity contribution in [3.8, 4) is 0 Å². The third kappa shape index (κ3) is 10.4. The topological polar surface area (TPSA) is 199 Å². The molecule has 0 aromatic heterocycles. The predicted octanol–water partition coefficient (Wildman–Crippen LogP) is -1.68. The summed E-state index contributed by atoms with van der Waals surface area (Å²) in [5.74, 6) is 0. The highest BCUT2D eigenvalue weighted by molar-refractivity contribution is 4.91. The number of rotatable bonds is 12. The van der Waals surface area contributed by atoms with Gasteiger partial charge < -0.3 is 59.8 Å². The first-order chi connectivity index (χ1) is 17.2. The Morgan fingerprint density at radius 1 is 0.556 bits per heavy atom. The van der Waals surface area contributed by atoms with Crippen molar-refractivity contribution in [3.05, 3.63) is 24.3 Å². The number of unbranched alkanes of at least 4 members (excludes halogenated alkanes) is 2. The molecule has 12 nitrogen and oxygen atoms in total. The van der Waals surface area contributed by atoms with Gasteiger partial charge in [0.25, 0.3) is 0 Å². The molecule has 0 aromatic carbocycles. The predicted molar refractivity (Wildman–Crippen MR) is 128 cm³/mol. The zero-order valence-corrected chi connectivity index (χ0v) is 21.0. The van der Waals surface area contributed by atoms with Crippen molar-refractivity contribution >= 4 is 0 Å². The molecule has 0 bridgehead atoms. The monoisotopic (exact) mass is 524 g/mol. The molecule has 2 fully saturated rings. The van der Waals surface area contributed by atoms with E-state index in [4.69, 9.17) is 29.2 Å². The van der Waals surface area contributed by atoms with Crippen LogP contribution in [-0.4, -0.2) is 129 Å². The van der Waals surface area contributed by atoms with E-state index in [1.807, 2.05) is 12.2 Å². The first-order valence-electron chi connectivity index (χ1n) is 12.4. The molecule has 0 aromatic rings. The fourth-order valence-electron chi connectivity index (χ4n) is 3.42. The maximum Gasteiger partial charge on any atom is 0.187 e. The molecule has 2 rings (SSSR count). The number of ether oxygens (including phenoxy) is 4. The van der Waals surface area contributed by atoms with Crippen LogP contribution in [0.4, 0.5) is 0 Å². The molecule has 212 valence electrons. The number of aliphatic hydroxyl groups is 8. The quantitative estimate of drug-likeness (QED) is 0.135. The summed E-state index contributed by atoms with van der Waals surface area (Å²) in [6.45, 7) is 3.70. The van der Waals surface area contributed by atoms with Gasteiger partial charge in [-0.25, -0.2) is 0 Å². The molecule has 0 saturated carbocycles. The minimum Gasteiger partial charge on any atom is -0.394 e. The van der Waals surface area contributed by atoms with Gasteiger partial charge >= 0.3 is 0 Å². The minimum absolute atomic E-state index is 0.239. The van der Waals surface area contributed by atoms with Gasteiger partial charge in [0.2, 0.25) is 0 Å². The molecule has 2 aliphatic heterocycles. The number of aliphatic hydroxyl groups excluding tert-OH is 8. The van der Waals surface area contributed by atoms with Crippen LogP contribution in [-0.2, 0) is 18.9 Å². The second-order valence-corrected chi connectivity index (χ2v) is 8.58. The maximum absolute atomic E-state index is 9.66. The van der Waals surface area contributed by atoms with Crippen molar-refractivity contribution in [2.24, 2.45) is 0 Å². The smallest absolute Gasteiger partial charge is 0.187 e. The van der Waals surface area contributed by atoms with Gasteiger partial charge in [0.05, 0.1) is 26.4 Å². The molecule has 0 radical (unpaired) electrons. The lowest BCUT2D eigenvalue weighted by Crippen LogP contribution is -2.59. The van der Waals surface area contributed by atoms with E-state index >= 15 is 0 Å². The average Bonchev–Trinajstić information content (AvgIpc) is 2.88. The molecule has 0 spiro atoms. The Labute approximate surface area is 212 Å². The van der Waals surface area contributed by atoms with Crippen LogP contribution in [0.2, 0.25) is 0 Å². The van der Waals surface area contributed by atoms with Gasteiger partial charge in [0.1, 0.15) is 48.8 Å². The lowest BCUT2D eigenvalue weighted by molar-refractivity contribution is -0.298. The largest absolute Gasteiger partial charge is 0.394 e. The van der Waals surface area contributed by atoms with E-state index in [1.54, 1.807) is 12.2 Å². The zero-order chi connectivity index (χ0) is 27.1. The fraction of sp³-hybridized carbons (Fsp3) is 0.833. The summed E-state index contributed by atoms with van der Waals surface area (Å²) in [5, 5.41) is 75.4. The van der Waals surface area contributed by atoms with E-state index in [1.165, 1.54) is 0 Å². The van der Waals surface area contributed by atoms with Crippen molar-refractivity contribution in [3.63, 3.8) is 0 Å². The summed E-state index contributed by atoms with van der Waals surface area (Å²) in [5.41, 5.74) is 0. The summed E-state index contributed by atoms with van der Waals surface area (Å²) in [4.78, 5) is 0. The third-order valence-electron chi connectivity index (χ3n) is 5.65. The molecule has 2 aliphatic rings. The second kappa shape index (κ2) is 18.3. The van der Waals surface area contributed by atoms with Crippen LogP contribution in [0.25, 0.3) is 0 Å². The summed E-state index contributed by atoms with van der Waals surface area (Å²) in [6, 6.07) is 0. The molecule has 10 atom stereocenters. The molecule has 0 amide bonds. The number of allylic oxidation sites excluding steroid dienone is 2. The van der Waals surface area contributed by atoms with E-state index in [2.05, 4.69) is 13.8 Å². The Bertz CT molecular complexity index is 562. The fourth-order valence-corrected chi connectivity index (χ4v) is 3.42. The summed E-state index contributed by atoms with van der Waals surface area (Å²) in [7, 11) is 0. The Hall–Kier alpha value is -1.00. The maximum atomic E-state index is 9.66. The van der Waals surface area contributed by atoms with Crippen LogP contribution in [0.15, 0.2) is 24.3 Å². The normalized spacial score (nSPS) is 37.3. The van der Waals surface area contributed by atoms with Crippen LogP contribution < -0.4 is 0 Å². The van der Waals surface area contributed by atoms with Gasteiger partial charge in [-0.15, -0.1) is 0 Å². The summed E-state index contributed by atoms with van der Waals surface area (Å²) < 4.78 is 20.8. The van der Waals surface area contributed by atoms with Crippen molar-refractivity contribution in [2.75, 3.05) is 26.4 Å². The molecule has 36 heavy (non-hydrogen) atoms. The second-order valence-electron chi connectivity index (χ2n) is 8.58. The number of hydrogen-bond acceptors (Lipinski definition) is 12. The van der Waals surface area contributed by atoms with Crippen molar-refractivity contribution in [1.82, 2.24) is 0 Å². The molecular formula is C24H44O12. The number of hydrogen-bond donors (Lipinski definition) is 8. The van der Waals surface area contributed by atoms with Crippen LogP contribution in [0.5, 0.6) is 0 Å². The molecule has 0 aliphatic carbocycles. The summed E-state index contributed by atoms with van der Waals surface area (Å²) >= 11 is 0. The lowest BCUT2D eigenvalue weighted by Gasteiger charge is -2.39. The Morgan fingerprint density at radius 3 is 1.22 bits per heavy atom. The Balaban J connectivity index is 0.000000360. The highest BCUT2D eigenvalue weighted by atomic mass is 16.7. The van der Waals surface area contributed by atoms with Crippen LogP contribution in [0.3, 0.4) is 0 Å². The Kier molecular flexibility index (Phi) is 16.8. The van der Waals surface area contributed by atoms with E-state index in [-0.39, 0.29) is 13.2 Å². The molecule has 12 heteroatoms. The highest BCUT2D eigenvalue weighted by Gasteiger charge is 2.44. The van der Waals surface area contributed by atoms with Gasteiger partial charge in [0, 0.05) is 0 Å². The van der Waals surface area contributed by atoms with Crippen molar-refractivity contribution < 1.29 is 59.8 Å². The third-order valence-corrected chi connectivity index (χ3v) is 5.65. The first kappa shape index (κ1) is 33.0. The minimum atomic E-state index is -1.39. The summed E-state index contributed by atoms with van der Waals surface area (Å²) in [6.07, 6.45) is -0.626. The van der Waals surface area contributed by atoms with Crippen LogP contribution >= 0.6 is 0 Å². The van der Waals surface area contributed by atoms with Gasteiger partial charge in [-0.3, -0.25) is 0 Å². The Morgan fingerprint density at radius 2 is 0.917 bits per heavy atom. The SMILES string of the molecule is CCC/C=C/CO[C@@H]1OC(CO)[C@H](O)[C@H](O)C1O.CCC/C=C/CO[C@H]1OC(CO)[C@H](O)[C@H](O)C1O. The first-order valence-corrected chi connectivity index (χ1v) is 12.4. The van der Waals surface area contributed by atoms with Crippen LogP contribution in [0, 0.1) is 0 Å². The van der Waals surface area contributed by atoms with Crippen molar-refractivity contribution in [1.29, 1.82) is 0 Å². The average molecular weight is 525 g/mol. The zero-order valence-electron chi connectivity index (χ0n) is 21.0. The van der Waals surface area contributed by atoms with E-state index in [0.717, 1.165) is 25.7 Å². The van der Waals surface area contributed by atoms with Gasteiger partial charge in [-0.2, -0.15) is 0 Å².